The van der Waals surface area contributed by atoms with Crippen LogP contribution >= 0.6 is 0 Å². The van der Waals surface area contributed by atoms with Gasteiger partial charge < -0.3 is 15.4 Å². The molecule has 0 radical (unpaired) electrons. The molecule has 1 atom stereocenters. The van der Waals surface area contributed by atoms with Gasteiger partial charge in [0.15, 0.2) is 6.61 Å². The highest BCUT2D eigenvalue weighted by Crippen LogP contribution is 2.29. The summed E-state index contributed by atoms with van der Waals surface area (Å²) in [5.41, 5.74) is 7.89. The van der Waals surface area contributed by atoms with Gasteiger partial charge in [-0.25, -0.2) is 0 Å². The van der Waals surface area contributed by atoms with Crippen LogP contribution < -0.4 is 10.5 Å². The topological polar surface area (TPSA) is 55.6 Å². The molecule has 1 amide bonds. The van der Waals surface area contributed by atoms with Crippen LogP contribution in [0.3, 0.4) is 0 Å². The van der Waals surface area contributed by atoms with Crippen LogP contribution in [0.2, 0.25) is 0 Å². The first-order valence-corrected chi connectivity index (χ1v) is 8.56. The van der Waals surface area contributed by atoms with E-state index in [0.29, 0.717) is 6.54 Å². The van der Waals surface area contributed by atoms with E-state index in [1.54, 1.807) is 0 Å². The van der Waals surface area contributed by atoms with Gasteiger partial charge in [0.05, 0.1) is 0 Å². The van der Waals surface area contributed by atoms with Crippen molar-refractivity contribution in [3.63, 3.8) is 0 Å². The zero-order valence-electron chi connectivity index (χ0n) is 13.9. The molecule has 2 N–H and O–H groups in total. The summed E-state index contributed by atoms with van der Waals surface area (Å²) in [5, 5.41) is 0. The van der Waals surface area contributed by atoms with Gasteiger partial charge in [-0.3, -0.25) is 4.79 Å². The van der Waals surface area contributed by atoms with Crippen LogP contribution in [0.15, 0.2) is 54.6 Å². The molecule has 0 spiro atoms. The van der Waals surface area contributed by atoms with Crippen molar-refractivity contribution in [3.05, 3.63) is 54.6 Å². The van der Waals surface area contributed by atoms with Crippen LogP contribution in [-0.4, -0.2) is 36.5 Å². The van der Waals surface area contributed by atoms with Gasteiger partial charge in [-0.15, -0.1) is 0 Å². The Morgan fingerprint density at radius 2 is 1.83 bits per heavy atom. The lowest BCUT2D eigenvalue weighted by molar-refractivity contribution is -0.136. The number of benzene rings is 2. The highest BCUT2D eigenvalue weighted by molar-refractivity contribution is 5.79. The molecule has 126 valence electrons. The lowest BCUT2D eigenvalue weighted by atomic mass is 10.0. The summed E-state index contributed by atoms with van der Waals surface area (Å²) in [4.78, 5) is 14.4. The summed E-state index contributed by atoms with van der Waals surface area (Å²) in [7, 11) is 0. The zero-order valence-corrected chi connectivity index (χ0v) is 13.9. The highest BCUT2D eigenvalue weighted by atomic mass is 16.5. The van der Waals surface area contributed by atoms with Crippen molar-refractivity contribution in [1.82, 2.24) is 4.90 Å². The number of para-hydroxylation sites is 1. The Balaban J connectivity index is 1.70. The molecule has 24 heavy (non-hydrogen) atoms. The third-order valence-electron chi connectivity index (χ3n) is 4.54. The SMILES string of the molecule is NCC1CCCCN1C(=O)COc1ccccc1-c1ccccc1. The molecule has 2 aromatic carbocycles. The summed E-state index contributed by atoms with van der Waals surface area (Å²) in [6.07, 6.45) is 3.18. The highest BCUT2D eigenvalue weighted by Gasteiger charge is 2.25. The second-order valence-electron chi connectivity index (χ2n) is 6.12. The summed E-state index contributed by atoms with van der Waals surface area (Å²) in [6.45, 7) is 1.36. The van der Waals surface area contributed by atoms with Crippen molar-refractivity contribution in [3.8, 4) is 16.9 Å². The number of carbonyl (C=O) groups is 1. The molecular formula is C20H24N2O2. The van der Waals surface area contributed by atoms with Gasteiger partial charge in [0.25, 0.3) is 5.91 Å². The van der Waals surface area contributed by atoms with Gasteiger partial charge in [0.1, 0.15) is 5.75 Å². The fraction of sp³-hybridized carbons (Fsp3) is 0.350. The number of carbonyl (C=O) groups excluding carboxylic acids is 1. The van der Waals surface area contributed by atoms with Gasteiger partial charge in [-0.05, 0) is 30.9 Å². The minimum atomic E-state index is 0.0213. The van der Waals surface area contributed by atoms with Crippen molar-refractivity contribution in [1.29, 1.82) is 0 Å². The summed E-state index contributed by atoms with van der Waals surface area (Å²) >= 11 is 0. The van der Waals surface area contributed by atoms with Crippen LogP contribution in [-0.2, 0) is 4.79 Å². The van der Waals surface area contributed by atoms with Gasteiger partial charge in [0.2, 0.25) is 0 Å². The molecule has 1 unspecified atom stereocenters. The lowest BCUT2D eigenvalue weighted by Gasteiger charge is -2.35. The molecule has 4 heteroatoms. The van der Waals surface area contributed by atoms with E-state index >= 15 is 0 Å². The van der Waals surface area contributed by atoms with Crippen molar-refractivity contribution >= 4 is 5.91 Å². The van der Waals surface area contributed by atoms with Crippen LogP contribution in [0.5, 0.6) is 5.75 Å². The maximum Gasteiger partial charge on any atom is 0.260 e. The van der Waals surface area contributed by atoms with Gasteiger partial charge in [0, 0.05) is 24.7 Å². The number of amides is 1. The largest absolute Gasteiger partial charge is 0.483 e. The standard InChI is InChI=1S/C20H24N2O2/c21-14-17-10-6-7-13-22(17)20(23)15-24-19-12-5-4-11-18(19)16-8-2-1-3-9-16/h1-5,8-9,11-12,17H,6-7,10,13-15,21H2. The van der Waals surface area contributed by atoms with Crippen molar-refractivity contribution in [2.75, 3.05) is 19.7 Å². The maximum atomic E-state index is 12.5. The quantitative estimate of drug-likeness (QED) is 0.919. The molecule has 0 aromatic heterocycles. The van der Waals surface area contributed by atoms with Gasteiger partial charge >= 0.3 is 0 Å². The molecule has 0 saturated carbocycles. The Kier molecular flexibility index (Phi) is 5.49. The normalized spacial score (nSPS) is 17.5. The number of likely N-dealkylation sites (tertiary alicyclic amines) is 1. The number of piperidine rings is 1. The molecule has 2 aromatic rings. The first-order chi connectivity index (χ1) is 11.8. The third kappa shape index (κ3) is 3.77. The van der Waals surface area contributed by atoms with E-state index in [-0.39, 0.29) is 18.6 Å². The number of nitrogens with two attached hydrogens (primary N) is 1. The average Bonchev–Trinajstić information content (AvgIpc) is 2.67. The molecule has 1 aliphatic heterocycles. The molecule has 4 nitrogen and oxygen atoms in total. The Bertz CT molecular complexity index is 672. The lowest BCUT2D eigenvalue weighted by Crippen LogP contribution is -2.49. The fourth-order valence-electron chi connectivity index (χ4n) is 3.25. The molecule has 0 aliphatic carbocycles. The van der Waals surface area contributed by atoms with E-state index in [2.05, 4.69) is 0 Å². The van der Waals surface area contributed by atoms with Gasteiger partial charge in [-0.1, -0.05) is 48.5 Å². The predicted octanol–water partition coefficient (Wildman–Crippen LogP) is 3.07. The van der Waals surface area contributed by atoms with Crippen molar-refractivity contribution in [2.24, 2.45) is 5.73 Å². The molecule has 1 fully saturated rings. The number of hydrogen-bond acceptors (Lipinski definition) is 3. The van der Waals surface area contributed by atoms with E-state index in [1.807, 2.05) is 59.5 Å². The molecule has 0 bridgehead atoms. The van der Waals surface area contributed by atoms with E-state index in [4.69, 9.17) is 10.5 Å². The van der Waals surface area contributed by atoms with E-state index in [1.165, 1.54) is 0 Å². The fourth-order valence-corrected chi connectivity index (χ4v) is 3.25. The second kappa shape index (κ2) is 7.97. The minimum absolute atomic E-state index is 0.0213. The molecule has 1 saturated heterocycles. The predicted molar refractivity (Wildman–Crippen MR) is 95.8 cm³/mol. The minimum Gasteiger partial charge on any atom is -0.483 e. The number of rotatable bonds is 5. The second-order valence-corrected chi connectivity index (χ2v) is 6.12. The van der Waals surface area contributed by atoms with E-state index in [9.17, 15) is 4.79 Å². The van der Waals surface area contributed by atoms with Crippen molar-refractivity contribution < 1.29 is 9.53 Å². The van der Waals surface area contributed by atoms with Crippen LogP contribution in [0.4, 0.5) is 0 Å². The maximum absolute atomic E-state index is 12.5. The van der Waals surface area contributed by atoms with Crippen LogP contribution in [0, 0.1) is 0 Å². The molecule has 1 heterocycles. The first-order valence-electron chi connectivity index (χ1n) is 8.56. The molecular weight excluding hydrogens is 300 g/mol. The Morgan fingerprint density at radius 1 is 1.08 bits per heavy atom. The Morgan fingerprint density at radius 3 is 2.62 bits per heavy atom. The number of hydrogen-bond donors (Lipinski definition) is 1. The summed E-state index contributed by atoms with van der Waals surface area (Å²) in [6, 6.07) is 18.0. The molecule has 1 aliphatic rings. The third-order valence-corrected chi connectivity index (χ3v) is 4.54. The average molecular weight is 324 g/mol. The van der Waals surface area contributed by atoms with Gasteiger partial charge in [-0.2, -0.15) is 0 Å². The van der Waals surface area contributed by atoms with Crippen molar-refractivity contribution in [2.45, 2.75) is 25.3 Å². The first kappa shape index (κ1) is 16.5. The number of nitrogens with zero attached hydrogens (tertiary/aromatic N) is 1. The zero-order chi connectivity index (χ0) is 16.8. The Hall–Kier alpha value is -2.33. The van der Waals surface area contributed by atoms with E-state index in [0.717, 1.165) is 42.7 Å². The summed E-state index contributed by atoms with van der Waals surface area (Å²) in [5.74, 6) is 0.756. The smallest absolute Gasteiger partial charge is 0.260 e. The van der Waals surface area contributed by atoms with Crippen LogP contribution in [0.25, 0.3) is 11.1 Å². The number of ether oxygens (including phenoxy) is 1. The molecule has 3 rings (SSSR count). The Labute approximate surface area is 143 Å². The van der Waals surface area contributed by atoms with E-state index < -0.39 is 0 Å². The van der Waals surface area contributed by atoms with Crippen LogP contribution in [0.1, 0.15) is 19.3 Å². The monoisotopic (exact) mass is 324 g/mol. The summed E-state index contributed by atoms with van der Waals surface area (Å²) < 4.78 is 5.87.